The zero-order valence-electron chi connectivity index (χ0n) is 19.4. The van der Waals surface area contributed by atoms with Crippen molar-refractivity contribution in [2.75, 3.05) is 12.4 Å². The Bertz CT molecular complexity index is 1340. The first-order chi connectivity index (χ1) is 17.5. The molecule has 0 aromatic heterocycles. The van der Waals surface area contributed by atoms with Gasteiger partial charge in [-0.05, 0) is 53.6 Å². The molecule has 36 heavy (non-hydrogen) atoms. The number of benzene rings is 3. The van der Waals surface area contributed by atoms with Crippen LogP contribution in [-0.4, -0.2) is 40.1 Å². The van der Waals surface area contributed by atoms with Gasteiger partial charge in [0.15, 0.2) is 5.17 Å². The molecule has 5 rings (SSSR count). The van der Waals surface area contributed by atoms with Gasteiger partial charge in [0.1, 0.15) is 16.8 Å². The number of halogens is 1. The van der Waals surface area contributed by atoms with Gasteiger partial charge in [-0.2, -0.15) is 10.1 Å². The lowest BCUT2D eigenvalue weighted by Crippen LogP contribution is -2.25. The predicted octanol–water partition coefficient (Wildman–Crippen LogP) is 5.01. The maximum atomic E-state index is 13.4. The molecule has 0 fully saturated rings. The number of nitrogens with zero attached hydrogens (tertiary/aromatic N) is 3. The van der Waals surface area contributed by atoms with E-state index in [4.69, 9.17) is 9.84 Å². The monoisotopic (exact) mass is 502 g/mol. The summed E-state index contributed by atoms with van der Waals surface area (Å²) in [5.74, 6) is -0.457. The summed E-state index contributed by atoms with van der Waals surface area (Å²) in [6.45, 7) is 0. The van der Waals surface area contributed by atoms with E-state index in [1.54, 1.807) is 18.2 Å². The first kappa shape index (κ1) is 23.7. The van der Waals surface area contributed by atoms with Gasteiger partial charge in [0.2, 0.25) is 5.91 Å². The van der Waals surface area contributed by atoms with Crippen LogP contribution in [-0.2, 0) is 9.59 Å². The summed E-state index contributed by atoms with van der Waals surface area (Å²) in [7, 11) is 1.62. The van der Waals surface area contributed by atoms with Crippen molar-refractivity contribution in [1.29, 1.82) is 0 Å². The van der Waals surface area contributed by atoms with E-state index in [2.05, 4.69) is 10.3 Å². The van der Waals surface area contributed by atoms with Gasteiger partial charge in [0.25, 0.3) is 5.91 Å². The molecule has 2 heterocycles. The molecule has 2 atom stereocenters. The second-order valence-corrected chi connectivity index (χ2v) is 9.52. The van der Waals surface area contributed by atoms with Gasteiger partial charge < -0.3 is 10.1 Å². The van der Waals surface area contributed by atoms with E-state index in [0.29, 0.717) is 17.3 Å². The van der Waals surface area contributed by atoms with E-state index < -0.39 is 11.1 Å². The Balaban J connectivity index is 1.34. The summed E-state index contributed by atoms with van der Waals surface area (Å²) in [4.78, 5) is 29.5. The molecule has 182 valence electrons. The number of hydrogen-bond acceptors (Lipinski definition) is 6. The lowest BCUT2D eigenvalue weighted by atomic mass is 9.98. The van der Waals surface area contributed by atoms with Gasteiger partial charge in [0.05, 0.1) is 18.9 Å². The highest BCUT2D eigenvalue weighted by Crippen LogP contribution is 2.38. The van der Waals surface area contributed by atoms with Crippen molar-refractivity contribution in [2.24, 2.45) is 10.1 Å². The lowest BCUT2D eigenvalue weighted by Gasteiger charge is -2.23. The fraction of sp³-hybridized carbons (Fsp3) is 0.185. The zero-order chi connectivity index (χ0) is 25.1. The number of methoxy groups -OCH3 is 1. The highest BCUT2D eigenvalue weighted by molar-refractivity contribution is 8.15. The molecule has 2 amide bonds. The topological polar surface area (TPSA) is 83.4 Å². The number of hydrazone groups is 1. The Morgan fingerprint density at radius 1 is 1.11 bits per heavy atom. The number of thioether (sulfide) groups is 1. The van der Waals surface area contributed by atoms with Crippen LogP contribution in [0.5, 0.6) is 5.75 Å². The van der Waals surface area contributed by atoms with Crippen molar-refractivity contribution in [3.8, 4) is 5.75 Å². The minimum atomic E-state index is -0.676. The third kappa shape index (κ3) is 5.16. The van der Waals surface area contributed by atoms with Crippen LogP contribution in [0.15, 0.2) is 89.0 Å². The van der Waals surface area contributed by atoms with Crippen LogP contribution in [0.4, 0.5) is 10.1 Å². The quantitative estimate of drug-likeness (QED) is 0.512. The number of ether oxygens (including phenoxy) is 1. The van der Waals surface area contributed by atoms with Gasteiger partial charge in [-0.15, -0.1) is 0 Å². The maximum absolute atomic E-state index is 13.4. The van der Waals surface area contributed by atoms with Gasteiger partial charge >= 0.3 is 0 Å². The third-order valence-corrected chi connectivity index (χ3v) is 7.06. The second kappa shape index (κ2) is 10.3. The molecular formula is C27H23FN4O3S. The van der Waals surface area contributed by atoms with Crippen molar-refractivity contribution in [2.45, 2.75) is 24.1 Å². The molecule has 0 saturated heterocycles. The van der Waals surface area contributed by atoms with Crippen molar-refractivity contribution in [3.63, 3.8) is 0 Å². The van der Waals surface area contributed by atoms with Crippen LogP contribution in [0, 0.1) is 5.82 Å². The summed E-state index contributed by atoms with van der Waals surface area (Å²) in [5.41, 5.74) is 3.22. The normalized spacial score (nSPS) is 19.2. The van der Waals surface area contributed by atoms with Crippen LogP contribution in [0.1, 0.15) is 30.0 Å². The predicted molar refractivity (Wildman–Crippen MR) is 139 cm³/mol. The molecule has 2 aliphatic rings. The van der Waals surface area contributed by atoms with Crippen molar-refractivity contribution < 1.29 is 18.7 Å². The van der Waals surface area contributed by atoms with Crippen LogP contribution >= 0.6 is 11.8 Å². The molecule has 0 bridgehead atoms. The second-order valence-electron chi connectivity index (χ2n) is 8.35. The average molecular weight is 503 g/mol. The first-order valence-corrected chi connectivity index (χ1v) is 12.3. The van der Waals surface area contributed by atoms with Crippen LogP contribution in [0.3, 0.4) is 0 Å². The van der Waals surface area contributed by atoms with E-state index in [1.165, 1.54) is 30.0 Å². The first-order valence-electron chi connectivity index (χ1n) is 11.4. The van der Waals surface area contributed by atoms with Crippen molar-refractivity contribution in [3.05, 3.63) is 95.8 Å². The maximum Gasteiger partial charge on any atom is 0.262 e. The van der Waals surface area contributed by atoms with Gasteiger partial charge in [-0.25, -0.2) is 9.40 Å². The number of amides is 2. The molecule has 0 saturated carbocycles. The molecule has 3 aromatic carbocycles. The molecule has 9 heteroatoms. The molecular weight excluding hydrogens is 479 g/mol. The summed E-state index contributed by atoms with van der Waals surface area (Å²) < 4.78 is 18.7. The Labute approximate surface area is 212 Å². The summed E-state index contributed by atoms with van der Waals surface area (Å²) in [6.07, 6.45) is 0.556. The van der Waals surface area contributed by atoms with Crippen LogP contribution in [0.2, 0.25) is 0 Å². The number of carbonyl (C=O) groups excluding carboxylic acids is 2. The zero-order valence-corrected chi connectivity index (χ0v) is 20.2. The molecule has 0 spiro atoms. The number of amidine groups is 1. The number of anilines is 1. The minimum absolute atomic E-state index is 0.0775. The van der Waals surface area contributed by atoms with E-state index >= 15 is 0 Å². The Morgan fingerprint density at radius 2 is 1.89 bits per heavy atom. The van der Waals surface area contributed by atoms with Gasteiger partial charge in [-0.3, -0.25) is 9.59 Å². The van der Waals surface area contributed by atoms with Crippen molar-refractivity contribution in [1.82, 2.24) is 5.01 Å². The van der Waals surface area contributed by atoms with Gasteiger partial charge in [0, 0.05) is 18.5 Å². The highest BCUT2D eigenvalue weighted by Gasteiger charge is 2.39. The van der Waals surface area contributed by atoms with Crippen LogP contribution in [0.25, 0.3) is 0 Å². The lowest BCUT2D eigenvalue weighted by molar-refractivity contribution is -0.121. The fourth-order valence-electron chi connectivity index (χ4n) is 4.13. The average Bonchev–Trinajstić information content (AvgIpc) is 3.48. The van der Waals surface area contributed by atoms with Crippen LogP contribution < -0.4 is 10.1 Å². The number of aliphatic imine (C=N–C) groups is 1. The SMILES string of the molecule is COc1ccc(C2=NN(C3=NC(=O)[C@H](CC(=O)Nc4cccc(F)c4)S3)[C@@H](c3ccccc3)C2)cc1. The molecule has 7 nitrogen and oxygen atoms in total. The van der Waals surface area contributed by atoms with E-state index in [1.807, 2.05) is 54.6 Å². The molecule has 1 N–H and O–H groups in total. The molecule has 0 unspecified atom stereocenters. The number of nitrogens with one attached hydrogen (secondary N) is 1. The smallest absolute Gasteiger partial charge is 0.262 e. The summed E-state index contributed by atoms with van der Waals surface area (Å²) >= 11 is 1.22. The van der Waals surface area contributed by atoms with Crippen molar-refractivity contribution >= 4 is 40.1 Å². The standard InChI is InChI=1S/C27H23FN4O3S/c1-35-21-12-10-17(11-13-21)22-15-23(18-6-3-2-4-7-18)32(31-22)27-30-26(34)24(36-27)16-25(33)29-20-9-5-8-19(28)14-20/h2-14,23-24H,15-16H2,1H3,(H,29,33)/t23-,24+/m1/s1. The summed E-state index contributed by atoms with van der Waals surface area (Å²) in [5, 5.41) is 9.05. The molecule has 0 aliphatic carbocycles. The van der Waals surface area contributed by atoms with E-state index in [9.17, 15) is 14.0 Å². The number of hydrogen-bond donors (Lipinski definition) is 1. The number of rotatable bonds is 6. The molecule has 0 radical (unpaired) electrons. The van der Waals surface area contributed by atoms with Gasteiger partial charge in [-0.1, -0.05) is 48.2 Å². The largest absolute Gasteiger partial charge is 0.497 e. The Hall–Kier alpha value is -3.98. The van der Waals surface area contributed by atoms with E-state index in [-0.39, 0.29) is 24.3 Å². The fourth-order valence-corrected chi connectivity index (χ4v) is 5.19. The summed E-state index contributed by atoms with van der Waals surface area (Å²) in [6, 6.07) is 23.1. The third-order valence-electron chi connectivity index (χ3n) is 5.92. The minimum Gasteiger partial charge on any atom is -0.497 e. The highest BCUT2D eigenvalue weighted by atomic mass is 32.2. The molecule has 2 aliphatic heterocycles. The molecule has 3 aromatic rings. The van der Waals surface area contributed by atoms with E-state index in [0.717, 1.165) is 22.6 Å². The Morgan fingerprint density at radius 3 is 2.61 bits per heavy atom. The Kier molecular flexibility index (Phi) is 6.81. The number of carbonyl (C=O) groups is 2.